The van der Waals surface area contributed by atoms with Crippen LogP contribution >= 0.6 is 0 Å². The first-order valence-electron chi connectivity index (χ1n) is 4.65. The Hall–Kier alpha value is -1.57. The molecule has 0 radical (unpaired) electrons. The van der Waals surface area contributed by atoms with Crippen molar-refractivity contribution in [3.05, 3.63) is 48.0 Å². The molecular formula is C12H12O2. The van der Waals surface area contributed by atoms with Crippen molar-refractivity contribution < 1.29 is 9.53 Å². The van der Waals surface area contributed by atoms with Gasteiger partial charge in [-0.3, -0.25) is 0 Å². The largest absolute Gasteiger partial charge is 0.453 e. The number of carbonyl (C=O) groups is 1. The predicted octanol–water partition coefficient (Wildman–Crippen LogP) is 2.48. The van der Waals surface area contributed by atoms with Crippen LogP contribution in [-0.2, 0) is 9.53 Å². The van der Waals surface area contributed by atoms with E-state index in [1.807, 2.05) is 37.3 Å². The Labute approximate surface area is 83.2 Å². The van der Waals surface area contributed by atoms with Gasteiger partial charge < -0.3 is 4.74 Å². The van der Waals surface area contributed by atoms with Crippen LogP contribution in [0.4, 0.5) is 0 Å². The van der Waals surface area contributed by atoms with E-state index in [1.165, 1.54) is 0 Å². The number of cyclic esters (lactones) is 1. The molecular weight excluding hydrogens is 176 g/mol. The Balaban J connectivity index is 2.30. The van der Waals surface area contributed by atoms with E-state index >= 15 is 0 Å². The van der Waals surface area contributed by atoms with Gasteiger partial charge in [-0.25, -0.2) is 4.79 Å². The molecule has 2 rings (SSSR count). The number of hydrogen-bond acceptors (Lipinski definition) is 2. The lowest BCUT2D eigenvalue weighted by atomic mass is 9.94. The molecule has 1 aliphatic rings. The summed E-state index contributed by atoms with van der Waals surface area (Å²) >= 11 is 0. The molecule has 0 N–H and O–H groups in total. The van der Waals surface area contributed by atoms with E-state index in [9.17, 15) is 4.79 Å². The standard InChI is InChI=1S/C12H12O2/c1-8-9(2)12(13)14-11(8)10-6-4-3-5-7-10/h3-8,11H,2H2,1H3/t8-,11-/m0/s1. The third-order valence-corrected chi connectivity index (χ3v) is 2.63. The van der Waals surface area contributed by atoms with Crippen LogP contribution in [-0.4, -0.2) is 5.97 Å². The number of carbonyl (C=O) groups excluding carboxylic acids is 1. The molecule has 1 saturated heterocycles. The second-order valence-corrected chi connectivity index (χ2v) is 3.55. The number of rotatable bonds is 1. The van der Waals surface area contributed by atoms with E-state index in [0.717, 1.165) is 5.56 Å². The van der Waals surface area contributed by atoms with Gasteiger partial charge in [-0.05, 0) is 5.56 Å². The van der Waals surface area contributed by atoms with Crippen molar-refractivity contribution in [2.24, 2.45) is 5.92 Å². The molecule has 0 unspecified atom stereocenters. The molecule has 0 spiro atoms. The summed E-state index contributed by atoms with van der Waals surface area (Å²) in [7, 11) is 0. The summed E-state index contributed by atoms with van der Waals surface area (Å²) in [6, 6.07) is 9.76. The minimum Gasteiger partial charge on any atom is -0.453 e. The van der Waals surface area contributed by atoms with Gasteiger partial charge in [-0.2, -0.15) is 0 Å². The first-order chi connectivity index (χ1) is 6.70. The van der Waals surface area contributed by atoms with Crippen LogP contribution in [0.3, 0.4) is 0 Å². The van der Waals surface area contributed by atoms with Gasteiger partial charge in [0.2, 0.25) is 0 Å². The van der Waals surface area contributed by atoms with Crippen molar-refractivity contribution in [3.63, 3.8) is 0 Å². The van der Waals surface area contributed by atoms with Gasteiger partial charge in [-0.15, -0.1) is 0 Å². The zero-order valence-corrected chi connectivity index (χ0v) is 8.07. The SMILES string of the molecule is C=C1C(=O)O[C@H](c2ccccc2)[C@H]1C. The lowest BCUT2D eigenvalue weighted by Gasteiger charge is -2.13. The van der Waals surface area contributed by atoms with Crippen LogP contribution < -0.4 is 0 Å². The lowest BCUT2D eigenvalue weighted by molar-refractivity contribution is -0.139. The maximum absolute atomic E-state index is 11.2. The van der Waals surface area contributed by atoms with E-state index in [0.29, 0.717) is 5.57 Å². The zero-order chi connectivity index (χ0) is 10.1. The summed E-state index contributed by atoms with van der Waals surface area (Å²) in [5.74, 6) is -0.198. The summed E-state index contributed by atoms with van der Waals surface area (Å²) < 4.78 is 5.23. The molecule has 0 bridgehead atoms. The fourth-order valence-electron chi connectivity index (χ4n) is 1.66. The van der Waals surface area contributed by atoms with Crippen LogP contribution in [0.5, 0.6) is 0 Å². The van der Waals surface area contributed by atoms with Crippen LogP contribution in [0.15, 0.2) is 42.5 Å². The average Bonchev–Trinajstić information content (AvgIpc) is 2.47. The van der Waals surface area contributed by atoms with E-state index < -0.39 is 0 Å². The molecule has 2 heteroatoms. The molecule has 1 fully saturated rings. The van der Waals surface area contributed by atoms with E-state index in [4.69, 9.17) is 4.74 Å². The third kappa shape index (κ3) is 1.33. The number of benzene rings is 1. The van der Waals surface area contributed by atoms with Crippen molar-refractivity contribution in [2.45, 2.75) is 13.0 Å². The average molecular weight is 188 g/mol. The van der Waals surface area contributed by atoms with Crippen LogP contribution in [0.25, 0.3) is 0 Å². The highest BCUT2D eigenvalue weighted by Gasteiger charge is 2.35. The summed E-state index contributed by atoms with van der Waals surface area (Å²) in [4.78, 5) is 11.2. The summed E-state index contributed by atoms with van der Waals surface area (Å²) in [6.07, 6.45) is -0.156. The molecule has 0 aliphatic carbocycles. The second-order valence-electron chi connectivity index (χ2n) is 3.55. The topological polar surface area (TPSA) is 26.3 Å². The monoisotopic (exact) mass is 188 g/mol. The van der Waals surface area contributed by atoms with Crippen LogP contribution in [0.2, 0.25) is 0 Å². The van der Waals surface area contributed by atoms with E-state index in [-0.39, 0.29) is 18.0 Å². The quantitative estimate of drug-likeness (QED) is 0.500. The molecule has 1 aromatic rings. The van der Waals surface area contributed by atoms with Crippen LogP contribution in [0.1, 0.15) is 18.6 Å². The third-order valence-electron chi connectivity index (χ3n) is 2.63. The van der Waals surface area contributed by atoms with Crippen molar-refractivity contribution in [3.8, 4) is 0 Å². The molecule has 2 atom stereocenters. The lowest BCUT2D eigenvalue weighted by Crippen LogP contribution is -2.03. The van der Waals surface area contributed by atoms with E-state index in [2.05, 4.69) is 6.58 Å². The number of ether oxygens (including phenoxy) is 1. The maximum Gasteiger partial charge on any atom is 0.334 e. The van der Waals surface area contributed by atoms with Gasteiger partial charge >= 0.3 is 5.97 Å². The van der Waals surface area contributed by atoms with Gasteiger partial charge in [0.1, 0.15) is 6.10 Å². The van der Waals surface area contributed by atoms with Gasteiger partial charge in [0, 0.05) is 11.5 Å². The Morgan fingerprint density at radius 3 is 2.43 bits per heavy atom. The smallest absolute Gasteiger partial charge is 0.334 e. The van der Waals surface area contributed by atoms with Crippen molar-refractivity contribution >= 4 is 5.97 Å². The Kier molecular flexibility index (Phi) is 2.12. The van der Waals surface area contributed by atoms with Gasteiger partial charge in [0.25, 0.3) is 0 Å². The maximum atomic E-state index is 11.2. The Morgan fingerprint density at radius 2 is 1.93 bits per heavy atom. The predicted molar refractivity (Wildman–Crippen MR) is 53.6 cm³/mol. The second kappa shape index (κ2) is 3.29. The molecule has 2 nitrogen and oxygen atoms in total. The fourth-order valence-corrected chi connectivity index (χ4v) is 1.66. The van der Waals surface area contributed by atoms with Crippen molar-refractivity contribution in [2.75, 3.05) is 0 Å². The number of esters is 1. The molecule has 72 valence electrons. The highest BCUT2D eigenvalue weighted by molar-refractivity contribution is 5.90. The normalized spacial score (nSPS) is 26.4. The van der Waals surface area contributed by atoms with Crippen molar-refractivity contribution in [1.29, 1.82) is 0 Å². The summed E-state index contributed by atoms with van der Waals surface area (Å²) in [5.41, 5.74) is 1.60. The fraction of sp³-hybridized carbons (Fsp3) is 0.250. The summed E-state index contributed by atoms with van der Waals surface area (Å²) in [6.45, 7) is 5.68. The zero-order valence-electron chi connectivity index (χ0n) is 8.07. The van der Waals surface area contributed by atoms with Gasteiger partial charge in [0.05, 0.1) is 0 Å². The minimum atomic E-state index is -0.272. The first-order valence-corrected chi connectivity index (χ1v) is 4.65. The van der Waals surface area contributed by atoms with Gasteiger partial charge in [-0.1, -0.05) is 43.8 Å². The Bertz CT molecular complexity index is 367. The number of hydrogen-bond donors (Lipinski definition) is 0. The molecule has 1 aromatic carbocycles. The first kappa shape index (κ1) is 9.00. The van der Waals surface area contributed by atoms with Crippen molar-refractivity contribution in [1.82, 2.24) is 0 Å². The summed E-state index contributed by atoms with van der Waals surface area (Å²) in [5, 5.41) is 0. The Morgan fingerprint density at radius 1 is 1.29 bits per heavy atom. The molecule has 0 aromatic heterocycles. The molecule has 0 amide bonds. The highest BCUT2D eigenvalue weighted by atomic mass is 16.6. The molecule has 14 heavy (non-hydrogen) atoms. The minimum absolute atomic E-state index is 0.0740. The molecule has 1 heterocycles. The van der Waals surface area contributed by atoms with Crippen LogP contribution in [0, 0.1) is 5.92 Å². The highest BCUT2D eigenvalue weighted by Crippen LogP contribution is 2.37. The molecule has 0 saturated carbocycles. The molecule has 1 aliphatic heterocycles. The van der Waals surface area contributed by atoms with E-state index in [1.54, 1.807) is 0 Å². The van der Waals surface area contributed by atoms with Gasteiger partial charge in [0.15, 0.2) is 0 Å².